The second-order valence-corrected chi connectivity index (χ2v) is 7.67. The number of amides is 3. The van der Waals surface area contributed by atoms with Gasteiger partial charge in [-0.1, -0.05) is 45.0 Å². The van der Waals surface area contributed by atoms with Gasteiger partial charge in [-0.05, 0) is 29.8 Å². The standard InChI is InChI=1S/C22H28N4O3/c1-22(2,3)21(29)25-14-15-8-10-16(11-9-15)19(27)26-18-7-5-4-6-17(18)20(28)24-13-12-23/h4-11H,12-14,23H2,1-3H3,(H,24,28)(H,25,29)(H,26,27). The van der Waals surface area contributed by atoms with Crippen LogP contribution in [-0.2, 0) is 11.3 Å². The lowest BCUT2D eigenvalue weighted by molar-refractivity contribution is -0.128. The monoisotopic (exact) mass is 396 g/mol. The minimum absolute atomic E-state index is 0.0381. The van der Waals surface area contributed by atoms with Gasteiger partial charge < -0.3 is 21.7 Å². The van der Waals surface area contributed by atoms with Gasteiger partial charge in [-0.25, -0.2) is 0 Å². The molecule has 2 aromatic carbocycles. The van der Waals surface area contributed by atoms with Gasteiger partial charge in [-0.3, -0.25) is 14.4 Å². The second-order valence-electron chi connectivity index (χ2n) is 7.67. The van der Waals surface area contributed by atoms with E-state index in [1.807, 2.05) is 20.8 Å². The number of carbonyl (C=O) groups excluding carboxylic acids is 3. The van der Waals surface area contributed by atoms with Crippen LogP contribution in [0, 0.1) is 5.41 Å². The molecule has 2 aromatic rings. The molecule has 154 valence electrons. The zero-order valence-electron chi connectivity index (χ0n) is 17.0. The third-order valence-electron chi connectivity index (χ3n) is 4.20. The molecule has 0 aliphatic heterocycles. The first-order valence-electron chi connectivity index (χ1n) is 9.48. The summed E-state index contributed by atoms with van der Waals surface area (Å²) in [6.45, 7) is 6.64. The summed E-state index contributed by atoms with van der Waals surface area (Å²) < 4.78 is 0. The van der Waals surface area contributed by atoms with E-state index in [0.717, 1.165) is 5.56 Å². The number of nitrogens with two attached hydrogens (primary N) is 1. The fourth-order valence-electron chi connectivity index (χ4n) is 2.49. The molecule has 3 amide bonds. The molecule has 0 saturated carbocycles. The normalized spacial score (nSPS) is 10.9. The van der Waals surface area contributed by atoms with E-state index in [1.165, 1.54) is 0 Å². The number of hydrogen-bond donors (Lipinski definition) is 4. The maximum atomic E-state index is 12.6. The molecule has 0 bridgehead atoms. The fraction of sp³-hybridized carbons (Fsp3) is 0.318. The molecule has 0 radical (unpaired) electrons. The van der Waals surface area contributed by atoms with Crippen LogP contribution in [0.2, 0.25) is 0 Å². The van der Waals surface area contributed by atoms with E-state index < -0.39 is 5.41 Å². The topological polar surface area (TPSA) is 113 Å². The van der Waals surface area contributed by atoms with Gasteiger partial charge in [0.15, 0.2) is 0 Å². The van der Waals surface area contributed by atoms with E-state index in [9.17, 15) is 14.4 Å². The van der Waals surface area contributed by atoms with Crippen molar-refractivity contribution in [1.82, 2.24) is 10.6 Å². The van der Waals surface area contributed by atoms with Crippen LogP contribution in [0.4, 0.5) is 5.69 Å². The first-order valence-corrected chi connectivity index (χ1v) is 9.48. The number of rotatable bonds is 7. The molecule has 0 atom stereocenters. The molecule has 7 nitrogen and oxygen atoms in total. The first kappa shape index (κ1) is 22.1. The molecule has 29 heavy (non-hydrogen) atoms. The molecule has 5 N–H and O–H groups in total. The van der Waals surface area contributed by atoms with Crippen molar-refractivity contribution >= 4 is 23.4 Å². The van der Waals surface area contributed by atoms with Crippen molar-refractivity contribution < 1.29 is 14.4 Å². The largest absolute Gasteiger partial charge is 0.352 e. The van der Waals surface area contributed by atoms with Crippen LogP contribution < -0.4 is 21.7 Å². The van der Waals surface area contributed by atoms with E-state index in [2.05, 4.69) is 16.0 Å². The minimum Gasteiger partial charge on any atom is -0.352 e. The highest BCUT2D eigenvalue weighted by atomic mass is 16.2. The summed E-state index contributed by atoms with van der Waals surface area (Å²) in [5.74, 6) is -0.658. The zero-order chi connectivity index (χ0) is 21.4. The Labute approximate surface area is 171 Å². The third-order valence-corrected chi connectivity index (χ3v) is 4.20. The first-order chi connectivity index (χ1) is 13.7. The summed E-state index contributed by atoms with van der Waals surface area (Å²) in [7, 11) is 0. The quantitative estimate of drug-likeness (QED) is 0.575. The third kappa shape index (κ3) is 6.43. The van der Waals surface area contributed by atoms with E-state index in [1.54, 1.807) is 48.5 Å². The number of carbonyl (C=O) groups is 3. The molecule has 0 unspecified atom stereocenters. The van der Waals surface area contributed by atoms with Crippen LogP contribution in [0.5, 0.6) is 0 Å². The second kappa shape index (κ2) is 9.84. The summed E-state index contributed by atoms with van der Waals surface area (Å²) in [6.07, 6.45) is 0. The molecule has 0 aliphatic carbocycles. The molecule has 0 fully saturated rings. The highest BCUT2D eigenvalue weighted by molar-refractivity contribution is 6.09. The average Bonchev–Trinajstić information content (AvgIpc) is 2.70. The van der Waals surface area contributed by atoms with Gasteiger partial charge in [0.2, 0.25) is 5.91 Å². The summed E-state index contributed by atoms with van der Waals surface area (Å²) in [4.78, 5) is 36.8. The van der Waals surface area contributed by atoms with E-state index in [4.69, 9.17) is 5.73 Å². The average molecular weight is 396 g/mol. The molecule has 0 aromatic heterocycles. The molecule has 0 heterocycles. The molecular formula is C22H28N4O3. The molecule has 0 saturated heterocycles. The van der Waals surface area contributed by atoms with Gasteiger partial charge in [0.1, 0.15) is 0 Å². The van der Waals surface area contributed by atoms with Crippen molar-refractivity contribution in [2.45, 2.75) is 27.3 Å². The van der Waals surface area contributed by atoms with Gasteiger partial charge in [0, 0.05) is 30.6 Å². The van der Waals surface area contributed by atoms with E-state index >= 15 is 0 Å². The van der Waals surface area contributed by atoms with Crippen molar-refractivity contribution in [2.24, 2.45) is 11.1 Å². The van der Waals surface area contributed by atoms with Gasteiger partial charge >= 0.3 is 0 Å². The summed E-state index contributed by atoms with van der Waals surface area (Å²) in [6, 6.07) is 13.7. The van der Waals surface area contributed by atoms with Crippen molar-refractivity contribution in [1.29, 1.82) is 0 Å². The Kier molecular flexibility index (Phi) is 7.50. The predicted molar refractivity (Wildman–Crippen MR) is 114 cm³/mol. The minimum atomic E-state index is -0.455. The molecule has 7 heteroatoms. The Morgan fingerprint density at radius 1 is 0.897 bits per heavy atom. The fourth-order valence-corrected chi connectivity index (χ4v) is 2.49. The number of anilines is 1. The molecular weight excluding hydrogens is 368 g/mol. The highest BCUT2D eigenvalue weighted by Crippen LogP contribution is 2.17. The van der Waals surface area contributed by atoms with Gasteiger partial charge in [0.05, 0.1) is 11.3 Å². The Bertz CT molecular complexity index is 870. The van der Waals surface area contributed by atoms with Crippen molar-refractivity contribution in [3.05, 3.63) is 65.2 Å². The van der Waals surface area contributed by atoms with Crippen LogP contribution in [0.15, 0.2) is 48.5 Å². The predicted octanol–water partition coefficient (Wildman–Crippen LogP) is 2.29. The van der Waals surface area contributed by atoms with Crippen LogP contribution in [-0.4, -0.2) is 30.8 Å². The maximum Gasteiger partial charge on any atom is 0.255 e. The number of benzene rings is 2. The van der Waals surface area contributed by atoms with Crippen molar-refractivity contribution in [3.8, 4) is 0 Å². The SMILES string of the molecule is CC(C)(C)C(=O)NCc1ccc(C(=O)Nc2ccccc2C(=O)NCCN)cc1. The number of nitrogens with one attached hydrogen (secondary N) is 3. The van der Waals surface area contributed by atoms with Crippen LogP contribution in [0.3, 0.4) is 0 Å². The Morgan fingerprint density at radius 3 is 2.17 bits per heavy atom. The summed E-state index contributed by atoms with van der Waals surface area (Å²) in [5.41, 5.74) is 7.10. The molecule has 0 spiro atoms. The van der Waals surface area contributed by atoms with Crippen LogP contribution in [0.25, 0.3) is 0 Å². The zero-order valence-corrected chi connectivity index (χ0v) is 17.0. The lowest BCUT2D eigenvalue weighted by atomic mass is 9.95. The Morgan fingerprint density at radius 2 is 1.55 bits per heavy atom. The maximum absolute atomic E-state index is 12.6. The lowest BCUT2D eigenvalue weighted by Gasteiger charge is -2.17. The van der Waals surface area contributed by atoms with E-state index in [0.29, 0.717) is 36.4 Å². The van der Waals surface area contributed by atoms with Gasteiger partial charge in [0.25, 0.3) is 11.8 Å². The molecule has 0 aliphatic rings. The summed E-state index contributed by atoms with van der Waals surface area (Å²) >= 11 is 0. The lowest BCUT2D eigenvalue weighted by Crippen LogP contribution is -2.34. The van der Waals surface area contributed by atoms with Crippen LogP contribution >= 0.6 is 0 Å². The number of hydrogen-bond acceptors (Lipinski definition) is 4. The van der Waals surface area contributed by atoms with Gasteiger partial charge in [-0.15, -0.1) is 0 Å². The molecule has 2 rings (SSSR count). The van der Waals surface area contributed by atoms with E-state index in [-0.39, 0.29) is 17.7 Å². The van der Waals surface area contributed by atoms with Crippen molar-refractivity contribution in [3.63, 3.8) is 0 Å². The highest BCUT2D eigenvalue weighted by Gasteiger charge is 2.20. The smallest absolute Gasteiger partial charge is 0.255 e. The van der Waals surface area contributed by atoms with Crippen molar-refractivity contribution in [2.75, 3.05) is 18.4 Å². The van der Waals surface area contributed by atoms with Gasteiger partial charge in [-0.2, -0.15) is 0 Å². The number of para-hydroxylation sites is 1. The Balaban J connectivity index is 2.03. The Hall–Kier alpha value is -3.19. The van der Waals surface area contributed by atoms with Crippen LogP contribution in [0.1, 0.15) is 47.1 Å². The summed E-state index contributed by atoms with van der Waals surface area (Å²) in [5, 5.41) is 8.34.